The maximum Gasteiger partial charge on any atom is 0.300 e. The van der Waals surface area contributed by atoms with Gasteiger partial charge in [-0.3, -0.25) is 4.79 Å². The third-order valence-corrected chi connectivity index (χ3v) is 2.13. The Kier molecular flexibility index (Phi) is 2.71. The van der Waals surface area contributed by atoms with Gasteiger partial charge >= 0.3 is 0 Å². The Morgan fingerprint density at radius 2 is 1.54 bits per heavy atom. The molecule has 0 radical (unpaired) electrons. The maximum atomic E-state index is 9.00. The van der Waals surface area contributed by atoms with E-state index in [9.17, 15) is 0 Å². The first kappa shape index (κ1) is 9.78. The van der Waals surface area contributed by atoms with Gasteiger partial charge in [-0.25, -0.2) is 0 Å². The fraction of sp³-hybridized carbons (Fsp3) is 0.364. The number of aliphatic carboxylic acids is 1. The minimum absolute atomic E-state index is 0.833. The molecule has 0 fully saturated rings. The van der Waals surface area contributed by atoms with Crippen LogP contribution in [0.5, 0.6) is 0 Å². The van der Waals surface area contributed by atoms with Crippen LogP contribution in [0.4, 0.5) is 0 Å². The van der Waals surface area contributed by atoms with Crippen LogP contribution in [0.2, 0.25) is 0 Å². The molecule has 2 nitrogen and oxygen atoms in total. The van der Waals surface area contributed by atoms with E-state index in [4.69, 9.17) is 9.90 Å². The molecular formula is C11H14O2. The zero-order valence-electron chi connectivity index (χ0n) is 8.22. The Balaban J connectivity index is 0.000000184. The Labute approximate surface area is 78.2 Å². The number of hydrogen-bond acceptors (Lipinski definition) is 1. The number of rotatable bonds is 0. The van der Waals surface area contributed by atoms with Crippen LogP contribution in [-0.2, 0) is 11.2 Å². The molecule has 0 aromatic heterocycles. The molecule has 1 aliphatic rings. The SMILES string of the molecule is CC(=O)O.Cc1ccc(C)c2c1C2. The maximum absolute atomic E-state index is 9.00. The normalized spacial score (nSPS) is 11.0. The number of aryl methyl sites for hydroxylation is 2. The molecule has 2 heteroatoms. The average Bonchev–Trinajstić information content (AvgIpc) is 2.75. The molecule has 0 saturated heterocycles. The van der Waals surface area contributed by atoms with Gasteiger partial charge in [0, 0.05) is 6.92 Å². The quantitative estimate of drug-likeness (QED) is 0.672. The van der Waals surface area contributed by atoms with E-state index >= 15 is 0 Å². The van der Waals surface area contributed by atoms with Crippen LogP contribution >= 0.6 is 0 Å². The molecule has 1 aliphatic carbocycles. The zero-order chi connectivity index (χ0) is 10.0. The molecule has 0 bridgehead atoms. The molecule has 0 aliphatic heterocycles. The summed E-state index contributed by atoms with van der Waals surface area (Å²) < 4.78 is 0. The molecule has 0 heterocycles. The second-order valence-corrected chi connectivity index (χ2v) is 3.35. The first-order valence-corrected chi connectivity index (χ1v) is 4.30. The summed E-state index contributed by atoms with van der Waals surface area (Å²) in [4.78, 5) is 9.00. The van der Waals surface area contributed by atoms with Gasteiger partial charge in [-0.15, -0.1) is 0 Å². The highest BCUT2D eigenvalue weighted by molar-refractivity contribution is 5.62. The number of hydrogen-bond donors (Lipinski definition) is 1. The minimum atomic E-state index is -0.833. The first-order chi connectivity index (χ1) is 6.02. The van der Waals surface area contributed by atoms with E-state index in [0.29, 0.717) is 0 Å². The minimum Gasteiger partial charge on any atom is -0.481 e. The Morgan fingerprint density at radius 3 is 1.85 bits per heavy atom. The topological polar surface area (TPSA) is 37.3 Å². The highest BCUT2D eigenvalue weighted by atomic mass is 16.4. The van der Waals surface area contributed by atoms with Crippen molar-refractivity contribution in [2.24, 2.45) is 0 Å². The predicted molar refractivity (Wildman–Crippen MR) is 52.0 cm³/mol. The van der Waals surface area contributed by atoms with E-state index in [0.717, 1.165) is 6.92 Å². The van der Waals surface area contributed by atoms with Gasteiger partial charge in [-0.05, 0) is 42.5 Å². The molecular weight excluding hydrogens is 164 g/mol. The molecule has 0 spiro atoms. The van der Waals surface area contributed by atoms with E-state index in [1.165, 1.54) is 17.5 Å². The summed E-state index contributed by atoms with van der Waals surface area (Å²) in [6, 6.07) is 4.42. The van der Waals surface area contributed by atoms with Crippen LogP contribution < -0.4 is 0 Å². The fourth-order valence-corrected chi connectivity index (χ4v) is 1.34. The zero-order valence-corrected chi connectivity index (χ0v) is 8.22. The summed E-state index contributed by atoms with van der Waals surface area (Å²) in [6.45, 7) is 5.45. The summed E-state index contributed by atoms with van der Waals surface area (Å²) in [6.07, 6.45) is 1.25. The Morgan fingerprint density at radius 1 is 1.23 bits per heavy atom. The van der Waals surface area contributed by atoms with Gasteiger partial charge in [0.2, 0.25) is 0 Å². The molecule has 0 saturated carbocycles. The van der Waals surface area contributed by atoms with Gasteiger partial charge in [-0.2, -0.15) is 0 Å². The van der Waals surface area contributed by atoms with Crippen molar-refractivity contribution < 1.29 is 9.90 Å². The predicted octanol–water partition coefficient (Wildman–Crippen LogP) is 2.30. The third kappa shape index (κ3) is 2.58. The lowest BCUT2D eigenvalue weighted by atomic mass is 10.2. The fourth-order valence-electron chi connectivity index (χ4n) is 1.34. The van der Waals surface area contributed by atoms with E-state index in [2.05, 4.69) is 26.0 Å². The molecule has 70 valence electrons. The van der Waals surface area contributed by atoms with Crippen molar-refractivity contribution in [2.45, 2.75) is 27.2 Å². The largest absolute Gasteiger partial charge is 0.481 e. The smallest absolute Gasteiger partial charge is 0.300 e. The van der Waals surface area contributed by atoms with Crippen molar-refractivity contribution in [1.29, 1.82) is 0 Å². The van der Waals surface area contributed by atoms with Gasteiger partial charge in [0.25, 0.3) is 5.97 Å². The van der Waals surface area contributed by atoms with Gasteiger partial charge in [-0.1, -0.05) is 12.1 Å². The number of carboxylic acid groups (broad SMARTS) is 1. The lowest BCUT2D eigenvalue weighted by Crippen LogP contribution is -1.78. The molecule has 0 unspecified atom stereocenters. The third-order valence-electron chi connectivity index (χ3n) is 2.13. The summed E-state index contributed by atoms with van der Waals surface area (Å²) in [5.74, 6) is -0.833. The van der Waals surface area contributed by atoms with Gasteiger partial charge in [0.05, 0.1) is 0 Å². The lowest BCUT2D eigenvalue weighted by molar-refractivity contribution is -0.134. The van der Waals surface area contributed by atoms with Crippen molar-refractivity contribution in [1.82, 2.24) is 0 Å². The van der Waals surface area contributed by atoms with Crippen molar-refractivity contribution in [2.75, 3.05) is 0 Å². The molecule has 1 N–H and O–H groups in total. The standard InChI is InChI=1S/C9H10.C2H4O2/c1-6-3-4-7(2)9-5-8(6)9;1-2(3)4/h3-4H,5H2,1-2H3;1H3,(H,3,4). The van der Waals surface area contributed by atoms with Crippen molar-refractivity contribution in [3.63, 3.8) is 0 Å². The Hall–Kier alpha value is -1.31. The van der Waals surface area contributed by atoms with Gasteiger partial charge in [0.15, 0.2) is 0 Å². The summed E-state index contributed by atoms with van der Waals surface area (Å²) in [5, 5.41) is 7.42. The molecule has 1 aromatic carbocycles. The highest BCUT2D eigenvalue weighted by Gasteiger charge is 2.20. The number of benzene rings is 1. The van der Waals surface area contributed by atoms with Crippen LogP contribution in [0.25, 0.3) is 0 Å². The van der Waals surface area contributed by atoms with Crippen LogP contribution in [-0.4, -0.2) is 11.1 Å². The number of fused-ring (bicyclic) bond motifs is 1. The van der Waals surface area contributed by atoms with Crippen LogP contribution in [0, 0.1) is 13.8 Å². The average molecular weight is 178 g/mol. The Bertz CT molecular complexity index is 309. The first-order valence-electron chi connectivity index (χ1n) is 4.30. The van der Waals surface area contributed by atoms with E-state index in [1.54, 1.807) is 11.1 Å². The highest BCUT2D eigenvalue weighted by Crippen LogP contribution is 2.33. The van der Waals surface area contributed by atoms with Crippen molar-refractivity contribution in [3.8, 4) is 0 Å². The molecule has 0 atom stereocenters. The van der Waals surface area contributed by atoms with E-state index in [1.807, 2.05) is 0 Å². The molecule has 1 aromatic rings. The second kappa shape index (κ2) is 3.60. The van der Waals surface area contributed by atoms with Gasteiger partial charge in [0.1, 0.15) is 0 Å². The van der Waals surface area contributed by atoms with E-state index < -0.39 is 5.97 Å². The number of carbonyl (C=O) groups is 1. The van der Waals surface area contributed by atoms with E-state index in [-0.39, 0.29) is 0 Å². The second-order valence-electron chi connectivity index (χ2n) is 3.35. The molecule has 2 rings (SSSR count). The van der Waals surface area contributed by atoms with Crippen molar-refractivity contribution >= 4 is 5.97 Å². The van der Waals surface area contributed by atoms with Crippen molar-refractivity contribution in [3.05, 3.63) is 34.4 Å². The number of carboxylic acids is 1. The van der Waals surface area contributed by atoms with Gasteiger partial charge < -0.3 is 5.11 Å². The lowest BCUT2D eigenvalue weighted by Gasteiger charge is -1.89. The summed E-state index contributed by atoms with van der Waals surface area (Å²) >= 11 is 0. The monoisotopic (exact) mass is 178 g/mol. The molecule has 13 heavy (non-hydrogen) atoms. The molecule has 0 amide bonds. The van der Waals surface area contributed by atoms with Crippen LogP contribution in [0.3, 0.4) is 0 Å². The summed E-state index contributed by atoms with van der Waals surface area (Å²) in [5.41, 5.74) is 6.12. The summed E-state index contributed by atoms with van der Waals surface area (Å²) in [7, 11) is 0. The van der Waals surface area contributed by atoms with Crippen LogP contribution in [0.1, 0.15) is 29.2 Å². The van der Waals surface area contributed by atoms with Crippen LogP contribution in [0.15, 0.2) is 12.1 Å².